The molecule has 2 aromatic carbocycles. The summed E-state index contributed by atoms with van der Waals surface area (Å²) >= 11 is 0. The van der Waals surface area contributed by atoms with Crippen LogP contribution in [0.15, 0.2) is 134 Å². The van der Waals surface area contributed by atoms with Gasteiger partial charge in [0.2, 0.25) is 11.8 Å². The molecule has 0 fully saturated rings. The standard InChI is InChI=1S/2C20H16FN5O/c1-27-19-9-4-8-16(24-19)18-12-17(20-22-10-5-11-23-20)25-26(18)13-14-6-2-3-7-15(14)21;1-27-19-9-4-8-16(24-19)17-12-18(20-22-10-5-11-23-20)26(25-17)13-14-6-2-3-7-15(14)21/h2*2-12H,13H2,1H3. The highest BCUT2D eigenvalue weighted by molar-refractivity contribution is 5.64. The number of hydrogen-bond acceptors (Lipinski definition) is 10. The van der Waals surface area contributed by atoms with E-state index < -0.39 is 0 Å². The number of nitrogens with zero attached hydrogens (tertiary/aromatic N) is 10. The first-order chi connectivity index (χ1) is 26.5. The zero-order valence-corrected chi connectivity index (χ0v) is 29.2. The Morgan fingerprint density at radius 1 is 0.481 bits per heavy atom. The average Bonchev–Trinajstić information content (AvgIpc) is 3.85. The SMILES string of the molecule is COc1cccc(-c2cc(-c3ncccn3)n(Cc3ccccc3F)n2)n1.COc1cccc(-c2cc(-c3ncccn3)nn2Cc2ccccc2F)n1. The topological polar surface area (TPSA) is 131 Å². The average molecular weight is 723 g/mol. The molecule has 0 aliphatic heterocycles. The molecule has 6 aromatic heterocycles. The van der Waals surface area contributed by atoms with Crippen LogP contribution in [0.4, 0.5) is 8.78 Å². The van der Waals surface area contributed by atoms with E-state index in [1.165, 1.54) is 12.1 Å². The fourth-order valence-corrected chi connectivity index (χ4v) is 5.48. The lowest BCUT2D eigenvalue weighted by Gasteiger charge is -2.09. The highest BCUT2D eigenvalue weighted by Gasteiger charge is 2.18. The van der Waals surface area contributed by atoms with E-state index in [9.17, 15) is 8.78 Å². The van der Waals surface area contributed by atoms with E-state index in [-0.39, 0.29) is 24.7 Å². The normalized spacial score (nSPS) is 10.7. The van der Waals surface area contributed by atoms with Crippen LogP contribution in [0, 0.1) is 11.6 Å². The third kappa shape index (κ3) is 8.12. The molecule has 54 heavy (non-hydrogen) atoms. The van der Waals surface area contributed by atoms with Gasteiger partial charge in [-0.3, -0.25) is 9.36 Å². The van der Waals surface area contributed by atoms with Crippen molar-refractivity contribution >= 4 is 0 Å². The quantitative estimate of drug-likeness (QED) is 0.143. The summed E-state index contributed by atoms with van der Waals surface area (Å²) < 4.78 is 42.1. The van der Waals surface area contributed by atoms with Gasteiger partial charge in [0, 0.05) is 48.0 Å². The number of halogens is 2. The molecule has 0 bridgehead atoms. The second-order valence-corrected chi connectivity index (χ2v) is 11.6. The first kappa shape index (κ1) is 35.2. The number of ether oxygens (including phenoxy) is 2. The Morgan fingerprint density at radius 2 is 0.963 bits per heavy atom. The largest absolute Gasteiger partial charge is 0.481 e. The predicted octanol–water partition coefficient (Wildman–Crippen LogP) is 7.20. The molecule has 0 amide bonds. The van der Waals surface area contributed by atoms with Crippen molar-refractivity contribution in [1.29, 1.82) is 0 Å². The number of aromatic nitrogens is 10. The number of rotatable bonds is 10. The first-order valence-electron chi connectivity index (χ1n) is 16.7. The maximum atomic E-state index is 14.2. The number of pyridine rings is 2. The second-order valence-electron chi connectivity index (χ2n) is 11.6. The minimum atomic E-state index is -0.283. The fraction of sp³-hybridized carbons (Fsp3) is 0.100. The Bertz CT molecular complexity index is 2480. The molecule has 6 heterocycles. The van der Waals surface area contributed by atoms with E-state index in [4.69, 9.17) is 9.47 Å². The highest BCUT2D eigenvalue weighted by atomic mass is 19.1. The van der Waals surface area contributed by atoms with Gasteiger partial charge in [0.1, 0.15) is 28.7 Å². The molecule has 14 heteroatoms. The van der Waals surface area contributed by atoms with Gasteiger partial charge >= 0.3 is 0 Å². The Kier molecular flexibility index (Phi) is 10.7. The van der Waals surface area contributed by atoms with Crippen molar-refractivity contribution in [3.63, 3.8) is 0 Å². The van der Waals surface area contributed by atoms with Gasteiger partial charge in [-0.25, -0.2) is 38.7 Å². The molecule has 0 aliphatic rings. The molecule has 0 saturated carbocycles. The molecule has 0 aliphatic carbocycles. The van der Waals surface area contributed by atoms with Crippen LogP contribution >= 0.6 is 0 Å². The molecule has 0 atom stereocenters. The smallest absolute Gasteiger partial charge is 0.213 e. The summed E-state index contributed by atoms with van der Waals surface area (Å²) in [6, 6.07) is 31.3. The van der Waals surface area contributed by atoms with Crippen molar-refractivity contribution in [2.24, 2.45) is 0 Å². The second kappa shape index (κ2) is 16.4. The van der Waals surface area contributed by atoms with Crippen molar-refractivity contribution in [2.75, 3.05) is 14.2 Å². The molecule has 8 aromatic rings. The zero-order chi connectivity index (χ0) is 37.3. The van der Waals surface area contributed by atoms with Crippen LogP contribution in [0.25, 0.3) is 45.8 Å². The van der Waals surface area contributed by atoms with Gasteiger partial charge < -0.3 is 9.47 Å². The Balaban J connectivity index is 0.000000167. The lowest BCUT2D eigenvalue weighted by molar-refractivity contribution is 0.398. The predicted molar refractivity (Wildman–Crippen MR) is 197 cm³/mol. The van der Waals surface area contributed by atoms with Crippen LogP contribution in [0.3, 0.4) is 0 Å². The van der Waals surface area contributed by atoms with E-state index in [0.29, 0.717) is 63.0 Å². The number of methoxy groups -OCH3 is 2. The Morgan fingerprint density at radius 3 is 1.54 bits per heavy atom. The van der Waals surface area contributed by atoms with Gasteiger partial charge in [-0.15, -0.1) is 0 Å². The molecular formula is C40H32F2N10O2. The van der Waals surface area contributed by atoms with Crippen LogP contribution in [-0.4, -0.2) is 63.7 Å². The minimum Gasteiger partial charge on any atom is -0.481 e. The molecule has 12 nitrogen and oxygen atoms in total. The minimum absolute atomic E-state index is 0.254. The van der Waals surface area contributed by atoms with Crippen molar-refractivity contribution in [2.45, 2.75) is 13.1 Å². The summed E-state index contributed by atoms with van der Waals surface area (Å²) in [6.45, 7) is 0.512. The summed E-state index contributed by atoms with van der Waals surface area (Å²) in [5.41, 5.74) is 5.00. The van der Waals surface area contributed by atoms with Gasteiger partial charge in [0.15, 0.2) is 11.6 Å². The van der Waals surface area contributed by atoms with Gasteiger partial charge in [0.25, 0.3) is 0 Å². The Labute approximate surface area is 308 Å². The van der Waals surface area contributed by atoms with Crippen molar-refractivity contribution in [3.05, 3.63) is 157 Å². The third-order valence-electron chi connectivity index (χ3n) is 8.10. The van der Waals surface area contributed by atoms with Gasteiger partial charge in [-0.05, 0) is 48.5 Å². The highest BCUT2D eigenvalue weighted by Crippen LogP contribution is 2.27. The van der Waals surface area contributed by atoms with E-state index in [0.717, 1.165) is 5.69 Å². The maximum Gasteiger partial charge on any atom is 0.213 e. The van der Waals surface area contributed by atoms with Gasteiger partial charge in [-0.1, -0.05) is 48.5 Å². The summed E-state index contributed by atoms with van der Waals surface area (Å²) in [5, 5.41) is 9.21. The summed E-state index contributed by atoms with van der Waals surface area (Å²) in [6.07, 6.45) is 6.63. The van der Waals surface area contributed by atoms with Crippen molar-refractivity contribution in [1.82, 2.24) is 49.5 Å². The molecule has 8 rings (SSSR count). The van der Waals surface area contributed by atoms with Gasteiger partial charge in [-0.2, -0.15) is 10.2 Å². The van der Waals surface area contributed by atoms with Crippen LogP contribution in [0.5, 0.6) is 11.8 Å². The Hall–Kier alpha value is -7.22. The molecule has 0 saturated heterocycles. The molecule has 0 radical (unpaired) electrons. The zero-order valence-electron chi connectivity index (χ0n) is 29.2. The number of benzene rings is 2. The third-order valence-corrected chi connectivity index (χ3v) is 8.10. The molecular weight excluding hydrogens is 691 g/mol. The van der Waals surface area contributed by atoms with E-state index in [1.54, 1.807) is 109 Å². The lowest BCUT2D eigenvalue weighted by atomic mass is 10.2. The molecule has 0 unspecified atom stereocenters. The molecule has 268 valence electrons. The lowest BCUT2D eigenvalue weighted by Crippen LogP contribution is -2.07. The van der Waals surface area contributed by atoms with Crippen LogP contribution < -0.4 is 9.47 Å². The first-order valence-corrected chi connectivity index (χ1v) is 16.7. The van der Waals surface area contributed by atoms with E-state index in [1.807, 2.05) is 36.4 Å². The maximum absolute atomic E-state index is 14.2. The van der Waals surface area contributed by atoms with E-state index >= 15 is 0 Å². The van der Waals surface area contributed by atoms with Crippen molar-refractivity contribution < 1.29 is 18.3 Å². The summed E-state index contributed by atoms with van der Waals surface area (Å²) in [7, 11) is 3.12. The van der Waals surface area contributed by atoms with Crippen molar-refractivity contribution in [3.8, 4) is 57.6 Å². The monoisotopic (exact) mass is 722 g/mol. The summed E-state index contributed by atoms with van der Waals surface area (Å²) in [5.74, 6) is 1.42. The van der Waals surface area contributed by atoms with Crippen LogP contribution in [0.1, 0.15) is 11.1 Å². The van der Waals surface area contributed by atoms with Gasteiger partial charge in [0.05, 0.1) is 44.4 Å². The summed E-state index contributed by atoms with van der Waals surface area (Å²) in [4.78, 5) is 26.0. The van der Waals surface area contributed by atoms with E-state index in [2.05, 4.69) is 40.1 Å². The van der Waals surface area contributed by atoms with Crippen LogP contribution in [0.2, 0.25) is 0 Å². The van der Waals surface area contributed by atoms with Crippen LogP contribution in [-0.2, 0) is 13.1 Å². The fourth-order valence-electron chi connectivity index (χ4n) is 5.48. The molecule has 0 spiro atoms. The molecule has 0 N–H and O–H groups in total. The number of hydrogen-bond donors (Lipinski definition) is 0.